The minimum absolute atomic E-state index is 0.358. The Morgan fingerprint density at radius 3 is 2.70 bits per heavy atom. The van der Waals surface area contributed by atoms with Crippen molar-refractivity contribution in [3.63, 3.8) is 0 Å². The summed E-state index contributed by atoms with van der Waals surface area (Å²) in [6.07, 6.45) is 7.03. The Kier molecular flexibility index (Phi) is 8.73. The van der Waals surface area contributed by atoms with Gasteiger partial charge in [0.05, 0.1) is 18.1 Å². The van der Waals surface area contributed by atoms with Gasteiger partial charge in [0.1, 0.15) is 0 Å². The summed E-state index contributed by atoms with van der Waals surface area (Å²) >= 11 is 0. The molecule has 0 aromatic rings. The molecule has 0 amide bonds. The Morgan fingerprint density at radius 2 is 2.10 bits per heavy atom. The van der Waals surface area contributed by atoms with Gasteiger partial charge in [-0.1, -0.05) is 32.6 Å². The van der Waals surface area contributed by atoms with Crippen molar-refractivity contribution in [3.05, 3.63) is 0 Å². The average Bonchev–Trinajstić information content (AvgIpc) is 2.77. The maximum atomic E-state index is 11.7. The van der Waals surface area contributed by atoms with E-state index in [0.717, 1.165) is 25.9 Å². The number of nitrogens with one attached hydrogen (secondary N) is 1. The van der Waals surface area contributed by atoms with E-state index in [-0.39, 0.29) is 0 Å². The van der Waals surface area contributed by atoms with Crippen LogP contribution in [0.3, 0.4) is 0 Å². The van der Waals surface area contributed by atoms with E-state index in [1.165, 1.54) is 25.7 Å². The summed E-state index contributed by atoms with van der Waals surface area (Å²) < 4.78 is 28.4. The highest BCUT2D eigenvalue weighted by Gasteiger charge is 2.33. The van der Waals surface area contributed by atoms with Gasteiger partial charge in [0.2, 0.25) is 0 Å². The molecule has 2 atom stereocenters. The average molecular weight is 305 g/mol. The van der Waals surface area contributed by atoms with Crippen molar-refractivity contribution < 1.29 is 13.2 Å². The van der Waals surface area contributed by atoms with Crippen LogP contribution in [0.4, 0.5) is 0 Å². The van der Waals surface area contributed by atoms with Crippen molar-refractivity contribution in [3.8, 4) is 0 Å². The molecule has 1 aliphatic heterocycles. The topological polar surface area (TPSA) is 55.4 Å². The van der Waals surface area contributed by atoms with E-state index in [2.05, 4.69) is 12.2 Å². The van der Waals surface area contributed by atoms with Crippen LogP contribution in [0.1, 0.15) is 45.4 Å². The Balaban J connectivity index is 2.37. The van der Waals surface area contributed by atoms with Gasteiger partial charge in [-0.2, -0.15) is 0 Å². The summed E-state index contributed by atoms with van der Waals surface area (Å²) in [5.74, 6) is 1.65. The summed E-state index contributed by atoms with van der Waals surface area (Å²) in [6, 6.07) is 0. The first-order valence-electron chi connectivity index (χ1n) is 7.99. The zero-order valence-electron chi connectivity index (χ0n) is 13.1. The van der Waals surface area contributed by atoms with Gasteiger partial charge in [-0.3, -0.25) is 0 Å². The van der Waals surface area contributed by atoms with Gasteiger partial charge in [-0.05, 0) is 31.2 Å². The van der Waals surface area contributed by atoms with Crippen molar-refractivity contribution in [1.29, 1.82) is 0 Å². The fourth-order valence-corrected chi connectivity index (χ4v) is 4.91. The molecule has 1 fully saturated rings. The molecule has 5 heteroatoms. The minimum atomic E-state index is -2.76. The normalized spacial score (nSPS) is 23.0. The van der Waals surface area contributed by atoms with Crippen LogP contribution in [0.2, 0.25) is 0 Å². The maximum Gasteiger partial charge on any atom is 0.150 e. The van der Waals surface area contributed by atoms with Crippen molar-refractivity contribution >= 4 is 9.84 Å². The second kappa shape index (κ2) is 9.74. The molecule has 4 nitrogen and oxygen atoms in total. The molecule has 1 rings (SSSR count). The lowest BCUT2D eigenvalue weighted by Gasteiger charge is -2.23. The summed E-state index contributed by atoms with van der Waals surface area (Å²) in [7, 11) is -1.06. The highest BCUT2D eigenvalue weighted by molar-refractivity contribution is 7.91. The highest BCUT2D eigenvalue weighted by atomic mass is 32.2. The summed E-state index contributed by atoms with van der Waals surface area (Å²) in [6.45, 7) is 4.70. The predicted molar refractivity (Wildman–Crippen MR) is 83.8 cm³/mol. The highest BCUT2D eigenvalue weighted by Crippen LogP contribution is 2.29. The standard InChI is InChI=1S/C15H31NO3S/c1-3-4-5-6-7-14(12-16-9-10-19-2)15-8-11-20(17,18)13-15/h14-16H,3-13H2,1-2H3. The number of sulfone groups is 1. The molecule has 2 unspecified atom stereocenters. The van der Waals surface area contributed by atoms with Gasteiger partial charge in [-0.15, -0.1) is 0 Å². The third kappa shape index (κ3) is 7.04. The number of unbranched alkanes of at least 4 members (excludes halogenated alkanes) is 3. The molecule has 0 spiro atoms. The molecule has 1 saturated heterocycles. The van der Waals surface area contributed by atoms with Gasteiger partial charge in [0, 0.05) is 13.7 Å². The Labute approximate surface area is 124 Å². The second-order valence-corrected chi connectivity index (χ2v) is 8.20. The van der Waals surface area contributed by atoms with Gasteiger partial charge in [0.25, 0.3) is 0 Å². The Hall–Kier alpha value is -0.130. The van der Waals surface area contributed by atoms with E-state index >= 15 is 0 Å². The third-order valence-electron chi connectivity index (χ3n) is 4.25. The first kappa shape index (κ1) is 17.9. The van der Waals surface area contributed by atoms with Crippen LogP contribution in [0.15, 0.2) is 0 Å². The zero-order chi connectivity index (χ0) is 14.8. The summed E-state index contributed by atoms with van der Waals surface area (Å²) in [5, 5.41) is 3.41. The lowest BCUT2D eigenvalue weighted by molar-refractivity contribution is 0.194. The number of hydrogen-bond acceptors (Lipinski definition) is 4. The van der Waals surface area contributed by atoms with E-state index in [0.29, 0.717) is 29.9 Å². The molecule has 0 radical (unpaired) electrons. The Morgan fingerprint density at radius 1 is 1.30 bits per heavy atom. The lowest BCUT2D eigenvalue weighted by Crippen LogP contribution is -2.31. The molecule has 1 N–H and O–H groups in total. The summed E-state index contributed by atoms with van der Waals surface area (Å²) in [5.41, 5.74) is 0. The first-order valence-corrected chi connectivity index (χ1v) is 9.81. The fourth-order valence-electron chi connectivity index (χ4n) is 2.99. The smallest absolute Gasteiger partial charge is 0.150 e. The van der Waals surface area contributed by atoms with E-state index < -0.39 is 9.84 Å². The molecular formula is C15H31NO3S. The van der Waals surface area contributed by atoms with Gasteiger partial charge in [-0.25, -0.2) is 8.42 Å². The molecule has 0 bridgehead atoms. The molecule has 0 saturated carbocycles. The molecule has 0 aromatic carbocycles. The first-order chi connectivity index (χ1) is 9.59. The largest absolute Gasteiger partial charge is 0.383 e. The van der Waals surface area contributed by atoms with E-state index in [1.54, 1.807) is 7.11 Å². The van der Waals surface area contributed by atoms with Crippen molar-refractivity contribution in [2.75, 3.05) is 38.3 Å². The quantitative estimate of drug-likeness (QED) is 0.595. The van der Waals surface area contributed by atoms with Crippen LogP contribution >= 0.6 is 0 Å². The molecular weight excluding hydrogens is 274 g/mol. The molecule has 1 aliphatic rings. The van der Waals surface area contributed by atoms with E-state index in [1.807, 2.05) is 0 Å². The molecule has 0 aliphatic carbocycles. The molecule has 120 valence electrons. The van der Waals surface area contributed by atoms with Crippen LogP contribution < -0.4 is 5.32 Å². The predicted octanol–water partition coefficient (Wildman–Crippen LogP) is 2.24. The zero-order valence-corrected chi connectivity index (χ0v) is 13.9. The molecule has 1 heterocycles. The van der Waals surface area contributed by atoms with E-state index in [4.69, 9.17) is 4.74 Å². The van der Waals surface area contributed by atoms with Crippen LogP contribution in [-0.2, 0) is 14.6 Å². The van der Waals surface area contributed by atoms with Crippen molar-refractivity contribution in [2.45, 2.75) is 45.4 Å². The van der Waals surface area contributed by atoms with Gasteiger partial charge in [0.15, 0.2) is 9.84 Å². The fraction of sp³-hybridized carbons (Fsp3) is 1.00. The van der Waals surface area contributed by atoms with Crippen molar-refractivity contribution in [2.24, 2.45) is 11.8 Å². The number of hydrogen-bond donors (Lipinski definition) is 1. The van der Waals surface area contributed by atoms with Gasteiger partial charge >= 0.3 is 0 Å². The third-order valence-corrected chi connectivity index (χ3v) is 6.05. The Bertz CT molecular complexity index is 331. The maximum absolute atomic E-state index is 11.7. The van der Waals surface area contributed by atoms with Crippen LogP contribution in [0, 0.1) is 11.8 Å². The minimum Gasteiger partial charge on any atom is -0.383 e. The van der Waals surface area contributed by atoms with Crippen LogP contribution in [-0.4, -0.2) is 46.7 Å². The molecule has 20 heavy (non-hydrogen) atoms. The number of methoxy groups -OCH3 is 1. The van der Waals surface area contributed by atoms with Crippen molar-refractivity contribution in [1.82, 2.24) is 5.32 Å². The van der Waals surface area contributed by atoms with E-state index in [9.17, 15) is 8.42 Å². The molecule has 0 aromatic heterocycles. The number of ether oxygens (including phenoxy) is 1. The van der Waals surface area contributed by atoms with Crippen LogP contribution in [0.25, 0.3) is 0 Å². The monoisotopic (exact) mass is 305 g/mol. The SMILES string of the molecule is CCCCCCC(CNCCOC)C1CCS(=O)(=O)C1. The summed E-state index contributed by atoms with van der Waals surface area (Å²) in [4.78, 5) is 0. The lowest BCUT2D eigenvalue weighted by atomic mass is 9.87. The van der Waals surface area contributed by atoms with Gasteiger partial charge < -0.3 is 10.1 Å². The van der Waals surface area contributed by atoms with Crippen LogP contribution in [0.5, 0.6) is 0 Å². The number of rotatable bonds is 11. The second-order valence-electron chi connectivity index (χ2n) is 5.97.